The van der Waals surface area contributed by atoms with Gasteiger partial charge in [-0.2, -0.15) is 0 Å². The van der Waals surface area contributed by atoms with Gasteiger partial charge in [0.1, 0.15) is 5.82 Å². The van der Waals surface area contributed by atoms with Crippen LogP contribution in [0.1, 0.15) is 23.6 Å². The Kier molecular flexibility index (Phi) is 5.18. The van der Waals surface area contributed by atoms with Gasteiger partial charge in [0.2, 0.25) is 0 Å². The fourth-order valence-electron chi connectivity index (χ4n) is 2.71. The number of hydrogen-bond donors (Lipinski definition) is 2. The number of urea groups is 1. The van der Waals surface area contributed by atoms with Crippen LogP contribution < -0.4 is 10.6 Å². The van der Waals surface area contributed by atoms with Gasteiger partial charge in [0.25, 0.3) is 0 Å². The van der Waals surface area contributed by atoms with Crippen LogP contribution in [0.3, 0.4) is 0 Å². The summed E-state index contributed by atoms with van der Waals surface area (Å²) in [4.78, 5) is 13.3. The third kappa shape index (κ3) is 4.05. The maximum atomic E-state index is 13.5. The minimum absolute atomic E-state index is 0.0425. The van der Waals surface area contributed by atoms with Crippen LogP contribution in [-0.2, 0) is 6.42 Å². The molecule has 2 aromatic carbocycles. The fraction of sp³-hybridized carbons (Fsp3) is 0.278. The largest absolute Gasteiger partial charge is 0.338 e. The van der Waals surface area contributed by atoms with Gasteiger partial charge in [-0.1, -0.05) is 36.4 Å². The van der Waals surface area contributed by atoms with E-state index in [-0.39, 0.29) is 17.9 Å². The number of hydrogen-bond acceptors (Lipinski definition) is 2. The Bertz CT molecular complexity index is 692. The van der Waals surface area contributed by atoms with Crippen LogP contribution in [0.5, 0.6) is 0 Å². The minimum atomic E-state index is -0.229. The van der Waals surface area contributed by atoms with E-state index in [4.69, 9.17) is 0 Å². The van der Waals surface area contributed by atoms with Gasteiger partial charge >= 0.3 is 6.03 Å². The lowest BCUT2D eigenvalue weighted by Crippen LogP contribution is -2.39. The van der Waals surface area contributed by atoms with Crippen molar-refractivity contribution in [1.29, 1.82) is 0 Å². The molecule has 23 heavy (non-hydrogen) atoms. The van der Waals surface area contributed by atoms with Crippen LogP contribution in [0.15, 0.2) is 53.4 Å². The van der Waals surface area contributed by atoms with Gasteiger partial charge in [0, 0.05) is 17.2 Å². The summed E-state index contributed by atoms with van der Waals surface area (Å²) >= 11 is 1.82. The molecule has 1 aliphatic rings. The van der Waals surface area contributed by atoms with E-state index in [1.54, 1.807) is 18.2 Å². The Labute approximate surface area is 139 Å². The summed E-state index contributed by atoms with van der Waals surface area (Å²) in [5, 5.41) is 5.83. The smallest absolute Gasteiger partial charge is 0.315 e. The summed E-state index contributed by atoms with van der Waals surface area (Å²) in [5.41, 5.74) is 1.79. The molecule has 0 aromatic heterocycles. The van der Waals surface area contributed by atoms with Gasteiger partial charge in [-0.25, -0.2) is 9.18 Å². The van der Waals surface area contributed by atoms with Crippen LogP contribution in [-0.4, -0.2) is 18.3 Å². The summed E-state index contributed by atoms with van der Waals surface area (Å²) in [7, 11) is 0. The van der Waals surface area contributed by atoms with E-state index in [0.29, 0.717) is 18.5 Å². The van der Waals surface area contributed by atoms with Gasteiger partial charge in [-0.15, -0.1) is 11.8 Å². The Hall–Kier alpha value is -2.01. The summed E-state index contributed by atoms with van der Waals surface area (Å²) in [6.07, 6.45) is 1.40. The molecule has 1 atom stereocenters. The molecule has 3 nitrogen and oxygen atoms in total. The molecule has 0 fully saturated rings. The van der Waals surface area contributed by atoms with E-state index in [2.05, 4.69) is 22.8 Å². The second kappa shape index (κ2) is 7.51. The lowest BCUT2D eigenvalue weighted by atomic mass is 10.0. The van der Waals surface area contributed by atoms with Crippen molar-refractivity contribution in [2.45, 2.75) is 23.8 Å². The quantitative estimate of drug-likeness (QED) is 0.892. The molecule has 0 saturated carbocycles. The number of carbonyl (C=O) groups excluding carboxylic acids is 1. The van der Waals surface area contributed by atoms with Crippen molar-refractivity contribution in [2.24, 2.45) is 0 Å². The average Bonchev–Trinajstić information content (AvgIpc) is 2.57. The van der Waals surface area contributed by atoms with Crippen molar-refractivity contribution in [1.82, 2.24) is 10.6 Å². The average molecular weight is 330 g/mol. The predicted octanol–water partition coefficient (Wildman–Crippen LogP) is 3.90. The van der Waals surface area contributed by atoms with E-state index in [1.165, 1.54) is 16.5 Å². The molecule has 0 bridgehead atoms. The van der Waals surface area contributed by atoms with E-state index >= 15 is 0 Å². The molecule has 1 unspecified atom stereocenters. The van der Waals surface area contributed by atoms with Gasteiger partial charge < -0.3 is 10.6 Å². The van der Waals surface area contributed by atoms with Crippen LogP contribution >= 0.6 is 11.8 Å². The molecule has 2 aromatic rings. The molecule has 0 aliphatic carbocycles. The molecule has 0 spiro atoms. The summed E-state index contributed by atoms with van der Waals surface area (Å²) in [6.45, 7) is 0.413. The number of benzene rings is 2. The number of halogens is 1. The molecule has 3 rings (SSSR count). The van der Waals surface area contributed by atoms with Crippen LogP contribution in [0.4, 0.5) is 9.18 Å². The summed E-state index contributed by atoms with van der Waals surface area (Å²) < 4.78 is 13.5. The van der Waals surface area contributed by atoms with Crippen molar-refractivity contribution in [2.75, 3.05) is 12.3 Å². The third-order valence-corrected chi connectivity index (χ3v) is 5.02. The lowest BCUT2D eigenvalue weighted by molar-refractivity contribution is 0.236. The van der Waals surface area contributed by atoms with Crippen LogP contribution in [0.2, 0.25) is 0 Å². The second-order valence-corrected chi connectivity index (χ2v) is 6.61. The van der Waals surface area contributed by atoms with Crippen molar-refractivity contribution in [3.05, 3.63) is 65.5 Å². The molecular weight excluding hydrogens is 311 g/mol. The predicted molar refractivity (Wildman–Crippen MR) is 91.2 cm³/mol. The standard InChI is InChI=1S/C18H19FN2OS/c19-15-7-3-1-5-13(15)9-11-20-18(22)21-16-10-12-23-17-8-4-2-6-14(16)17/h1-8,16H,9-12H2,(H2,20,21,22). The molecule has 0 radical (unpaired) electrons. The normalized spacial score (nSPS) is 16.5. The number of fused-ring (bicyclic) bond motifs is 1. The molecule has 5 heteroatoms. The van der Waals surface area contributed by atoms with E-state index in [0.717, 1.165) is 12.2 Å². The summed E-state index contributed by atoms with van der Waals surface area (Å²) in [6, 6.07) is 14.6. The first-order chi connectivity index (χ1) is 11.2. The highest BCUT2D eigenvalue weighted by molar-refractivity contribution is 7.99. The number of rotatable bonds is 4. The number of carbonyl (C=O) groups is 1. The zero-order chi connectivity index (χ0) is 16.1. The Morgan fingerprint density at radius 3 is 2.83 bits per heavy atom. The van der Waals surface area contributed by atoms with E-state index in [9.17, 15) is 9.18 Å². The van der Waals surface area contributed by atoms with Crippen LogP contribution in [0, 0.1) is 5.82 Å². The van der Waals surface area contributed by atoms with E-state index in [1.807, 2.05) is 23.9 Å². The highest BCUT2D eigenvalue weighted by Gasteiger charge is 2.21. The number of thioether (sulfide) groups is 1. The number of amides is 2. The summed E-state index contributed by atoms with van der Waals surface area (Å²) in [5.74, 6) is 0.768. The lowest BCUT2D eigenvalue weighted by Gasteiger charge is -2.25. The SMILES string of the molecule is O=C(NCCc1ccccc1F)NC1CCSc2ccccc21. The minimum Gasteiger partial charge on any atom is -0.338 e. The highest BCUT2D eigenvalue weighted by Crippen LogP contribution is 2.35. The maximum Gasteiger partial charge on any atom is 0.315 e. The van der Waals surface area contributed by atoms with Crippen molar-refractivity contribution < 1.29 is 9.18 Å². The Morgan fingerprint density at radius 1 is 1.17 bits per heavy atom. The molecule has 2 amide bonds. The second-order valence-electron chi connectivity index (χ2n) is 5.47. The van der Waals surface area contributed by atoms with Gasteiger partial charge in [0.15, 0.2) is 0 Å². The topological polar surface area (TPSA) is 41.1 Å². The first-order valence-corrected chi connectivity index (χ1v) is 8.72. The van der Waals surface area contributed by atoms with Crippen LogP contribution in [0.25, 0.3) is 0 Å². The molecule has 2 N–H and O–H groups in total. The van der Waals surface area contributed by atoms with E-state index < -0.39 is 0 Å². The molecule has 0 saturated heterocycles. The monoisotopic (exact) mass is 330 g/mol. The maximum absolute atomic E-state index is 13.5. The van der Waals surface area contributed by atoms with Crippen molar-refractivity contribution in [3.63, 3.8) is 0 Å². The Morgan fingerprint density at radius 2 is 1.96 bits per heavy atom. The Balaban J connectivity index is 1.52. The number of nitrogens with one attached hydrogen (secondary N) is 2. The first-order valence-electron chi connectivity index (χ1n) is 7.73. The van der Waals surface area contributed by atoms with Gasteiger partial charge in [-0.3, -0.25) is 0 Å². The van der Waals surface area contributed by atoms with Crippen molar-refractivity contribution in [3.8, 4) is 0 Å². The molecule has 1 heterocycles. The zero-order valence-corrected chi connectivity index (χ0v) is 13.5. The highest BCUT2D eigenvalue weighted by atomic mass is 32.2. The van der Waals surface area contributed by atoms with Gasteiger partial charge in [-0.05, 0) is 36.1 Å². The zero-order valence-electron chi connectivity index (χ0n) is 12.7. The fourth-order valence-corrected chi connectivity index (χ4v) is 3.84. The molecule has 120 valence electrons. The molecule has 1 aliphatic heterocycles. The first kappa shape index (κ1) is 15.9. The van der Waals surface area contributed by atoms with Gasteiger partial charge in [0.05, 0.1) is 6.04 Å². The third-order valence-electron chi connectivity index (χ3n) is 3.90. The van der Waals surface area contributed by atoms with Crippen molar-refractivity contribution >= 4 is 17.8 Å². The molecular formula is C18H19FN2OS.